The van der Waals surface area contributed by atoms with Crippen LogP contribution in [0.3, 0.4) is 0 Å². The number of likely N-dealkylation sites (tertiary alicyclic amines) is 1. The smallest absolute Gasteiger partial charge is 0.161 e. The van der Waals surface area contributed by atoms with E-state index in [1.54, 1.807) is 14.2 Å². The molecule has 2 N–H and O–H groups in total. The van der Waals surface area contributed by atoms with Crippen LogP contribution in [0, 0.1) is 5.92 Å². The zero-order chi connectivity index (χ0) is 21.3. The van der Waals surface area contributed by atoms with Crippen LogP contribution in [-0.4, -0.2) is 82.6 Å². The van der Waals surface area contributed by atoms with Gasteiger partial charge in [0.1, 0.15) is 18.5 Å². The van der Waals surface area contributed by atoms with Gasteiger partial charge >= 0.3 is 0 Å². The minimum Gasteiger partial charge on any atom is -0.493 e. The van der Waals surface area contributed by atoms with E-state index in [0.29, 0.717) is 24.0 Å². The van der Waals surface area contributed by atoms with Crippen LogP contribution in [0.25, 0.3) is 5.57 Å². The van der Waals surface area contributed by atoms with Crippen molar-refractivity contribution >= 4 is 11.4 Å². The molecule has 30 heavy (non-hydrogen) atoms. The van der Waals surface area contributed by atoms with E-state index < -0.39 is 6.10 Å². The van der Waals surface area contributed by atoms with Crippen LogP contribution >= 0.6 is 0 Å². The van der Waals surface area contributed by atoms with Crippen LogP contribution in [0.5, 0.6) is 11.5 Å². The Morgan fingerprint density at radius 3 is 2.70 bits per heavy atom. The van der Waals surface area contributed by atoms with Gasteiger partial charge in [-0.25, -0.2) is 0 Å². The third kappa shape index (κ3) is 5.97. The highest BCUT2D eigenvalue weighted by atomic mass is 16.5. The number of allylic oxidation sites excluding steroid dienone is 1. The van der Waals surface area contributed by atoms with Crippen LogP contribution in [-0.2, 0) is 4.74 Å². The molecule has 2 heterocycles. The maximum atomic E-state index is 10.2. The first-order valence-corrected chi connectivity index (χ1v) is 10.8. The van der Waals surface area contributed by atoms with E-state index in [0.717, 1.165) is 50.5 Å². The molecule has 7 heteroatoms. The monoisotopic (exact) mass is 417 g/mol. The molecule has 0 amide bonds. The lowest BCUT2D eigenvalue weighted by molar-refractivity contribution is 0.0460. The maximum Gasteiger partial charge on any atom is 0.161 e. The zero-order valence-electron chi connectivity index (χ0n) is 18.4. The van der Waals surface area contributed by atoms with Gasteiger partial charge in [0.2, 0.25) is 0 Å². The highest BCUT2D eigenvalue weighted by Crippen LogP contribution is 2.36. The number of β-amino-alcohol motifs (C(OH)–C–C–N with tert-alkyl or cyclic N) is 1. The van der Waals surface area contributed by atoms with Crippen LogP contribution < -0.4 is 14.8 Å². The standard InChI is InChI=1S/C23H35N3O4/c1-24-23(25-2)14-20(17-7-11-29-12-8-17)18-5-6-21(22(13-18)28-3)30-16-19(27)15-26-9-4-10-26/h5-6,13-14,17,19,27H,4,7-12,15-16H2,1-3H3,(H,24,25)/b20-14-/t19-/m1/s1. The number of methoxy groups -OCH3 is 1. The Labute approximate surface area is 179 Å². The molecule has 0 radical (unpaired) electrons. The van der Waals surface area contributed by atoms with E-state index in [-0.39, 0.29) is 6.61 Å². The van der Waals surface area contributed by atoms with Crippen LogP contribution in [0.1, 0.15) is 24.8 Å². The van der Waals surface area contributed by atoms with Gasteiger partial charge in [-0.05, 0) is 67.6 Å². The summed E-state index contributed by atoms with van der Waals surface area (Å²) in [6, 6.07) is 6.01. The Morgan fingerprint density at radius 2 is 2.10 bits per heavy atom. The third-order valence-corrected chi connectivity index (χ3v) is 5.80. The first-order valence-electron chi connectivity index (χ1n) is 10.8. The fourth-order valence-corrected chi connectivity index (χ4v) is 3.91. The number of aliphatic hydroxyl groups is 1. The van der Waals surface area contributed by atoms with E-state index in [9.17, 15) is 5.11 Å². The molecule has 2 saturated heterocycles. The second kappa shape index (κ2) is 11.3. The van der Waals surface area contributed by atoms with Crippen molar-refractivity contribution in [1.82, 2.24) is 10.2 Å². The van der Waals surface area contributed by atoms with Gasteiger partial charge in [0.05, 0.1) is 7.11 Å². The van der Waals surface area contributed by atoms with Crippen LogP contribution in [0.2, 0.25) is 0 Å². The number of nitrogens with zero attached hydrogens (tertiary/aromatic N) is 2. The summed E-state index contributed by atoms with van der Waals surface area (Å²) in [5, 5.41) is 13.4. The summed E-state index contributed by atoms with van der Waals surface area (Å²) in [6.45, 7) is 4.57. The Hall–Kier alpha value is -2.09. The number of hydrogen-bond acceptors (Lipinski definition) is 6. The van der Waals surface area contributed by atoms with Gasteiger partial charge in [-0.2, -0.15) is 0 Å². The van der Waals surface area contributed by atoms with E-state index in [1.165, 1.54) is 12.0 Å². The third-order valence-electron chi connectivity index (χ3n) is 5.80. The van der Waals surface area contributed by atoms with Crippen molar-refractivity contribution in [2.24, 2.45) is 10.9 Å². The summed E-state index contributed by atoms with van der Waals surface area (Å²) in [5.74, 6) is 2.55. The Kier molecular flexibility index (Phi) is 8.54. The second-order valence-electron chi connectivity index (χ2n) is 7.83. The molecule has 0 spiro atoms. The van der Waals surface area contributed by atoms with Gasteiger partial charge in [-0.1, -0.05) is 6.07 Å². The number of amidine groups is 1. The molecule has 2 aliphatic rings. The molecular weight excluding hydrogens is 382 g/mol. The molecule has 0 aromatic heterocycles. The summed E-state index contributed by atoms with van der Waals surface area (Å²) < 4.78 is 17.1. The summed E-state index contributed by atoms with van der Waals surface area (Å²) >= 11 is 0. The van der Waals surface area contributed by atoms with Crippen molar-refractivity contribution in [3.63, 3.8) is 0 Å². The normalized spacial score (nSPS) is 19.9. The van der Waals surface area contributed by atoms with Gasteiger partial charge in [-0.15, -0.1) is 0 Å². The number of benzene rings is 1. The Balaban J connectivity index is 1.76. The van der Waals surface area contributed by atoms with Crippen molar-refractivity contribution in [1.29, 1.82) is 0 Å². The van der Waals surface area contributed by atoms with Crippen molar-refractivity contribution in [3.8, 4) is 11.5 Å². The number of aliphatic hydroxyl groups excluding tert-OH is 1. The van der Waals surface area contributed by atoms with Crippen LogP contribution in [0.15, 0.2) is 29.3 Å². The molecular formula is C23H35N3O4. The number of hydrogen-bond donors (Lipinski definition) is 2. The molecule has 2 fully saturated rings. The topological polar surface area (TPSA) is 75.6 Å². The average Bonchev–Trinajstić information content (AvgIpc) is 2.76. The fraction of sp³-hybridized carbons (Fsp3) is 0.609. The van der Waals surface area contributed by atoms with Gasteiger partial charge in [0.15, 0.2) is 11.5 Å². The molecule has 1 aromatic rings. The van der Waals surface area contributed by atoms with E-state index in [2.05, 4.69) is 27.4 Å². The molecule has 166 valence electrons. The van der Waals surface area contributed by atoms with Crippen molar-refractivity contribution in [2.75, 3.05) is 60.7 Å². The second-order valence-corrected chi connectivity index (χ2v) is 7.83. The van der Waals surface area contributed by atoms with Gasteiger partial charge in [0.25, 0.3) is 0 Å². The molecule has 2 aliphatic heterocycles. The lowest BCUT2D eigenvalue weighted by Gasteiger charge is -2.32. The van der Waals surface area contributed by atoms with Gasteiger partial charge < -0.3 is 29.5 Å². The minimum absolute atomic E-state index is 0.251. The van der Waals surface area contributed by atoms with Gasteiger partial charge in [0, 0.05) is 33.9 Å². The average molecular weight is 418 g/mol. The molecule has 1 atom stereocenters. The summed E-state index contributed by atoms with van der Waals surface area (Å²) in [6.07, 6.45) is 4.78. The molecule has 0 aliphatic carbocycles. The highest BCUT2D eigenvalue weighted by Gasteiger charge is 2.22. The van der Waals surface area contributed by atoms with E-state index in [1.807, 2.05) is 19.2 Å². The number of likely N-dealkylation sites (N-methyl/N-ethyl adjacent to an activating group) is 1. The number of rotatable bonds is 9. The summed E-state index contributed by atoms with van der Waals surface area (Å²) in [4.78, 5) is 6.55. The predicted molar refractivity (Wildman–Crippen MR) is 119 cm³/mol. The van der Waals surface area contributed by atoms with E-state index >= 15 is 0 Å². The quantitative estimate of drug-likeness (QED) is 0.474. The largest absolute Gasteiger partial charge is 0.493 e. The molecule has 0 bridgehead atoms. The minimum atomic E-state index is -0.508. The molecule has 7 nitrogen and oxygen atoms in total. The van der Waals surface area contributed by atoms with Crippen molar-refractivity contribution < 1.29 is 19.3 Å². The lowest BCUT2D eigenvalue weighted by Crippen LogP contribution is -2.43. The molecule has 1 aromatic carbocycles. The predicted octanol–water partition coefficient (Wildman–Crippen LogP) is 2.20. The zero-order valence-corrected chi connectivity index (χ0v) is 18.4. The first-order chi connectivity index (χ1) is 14.6. The molecule has 0 saturated carbocycles. The fourth-order valence-electron chi connectivity index (χ4n) is 3.91. The number of ether oxygens (including phenoxy) is 3. The number of aliphatic imine (C=N–C) groups is 1. The van der Waals surface area contributed by atoms with Crippen molar-refractivity contribution in [2.45, 2.75) is 25.4 Å². The highest BCUT2D eigenvalue weighted by molar-refractivity contribution is 5.99. The maximum absolute atomic E-state index is 10.2. The van der Waals surface area contributed by atoms with E-state index in [4.69, 9.17) is 14.2 Å². The van der Waals surface area contributed by atoms with Crippen molar-refractivity contribution in [3.05, 3.63) is 29.8 Å². The molecule has 3 rings (SSSR count). The lowest BCUT2D eigenvalue weighted by atomic mass is 9.86. The summed E-state index contributed by atoms with van der Waals surface area (Å²) in [7, 11) is 5.31. The van der Waals surface area contributed by atoms with Gasteiger partial charge in [-0.3, -0.25) is 4.99 Å². The Bertz CT molecular complexity index is 740. The first kappa shape index (κ1) is 22.6. The SMILES string of the molecule is CN=C(/C=C(\c1ccc(OC[C@H](O)CN2CCC2)c(OC)c1)C1CCOCC1)NC. The Morgan fingerprint density at radius 1 is 1.33 bits per heavy atom. The molecule has 0 unspecified atom stereocenters. The van der Waals surface area contributed by atoms with Crippen LogP contribution in [0.4, 0.5) is 0 Å². The number of nitrogens with one attached hydrogen (secondary N) is 1. The summed E-state index contributed by atoms with van der Waals surface area (Å²) in [5.41, 5.74) is 2.31.